The molecule has 2 aliphatic heterocycles. The number of carbonyl (C=O) groups excluding carboxylic acids is 3. The largest absolute Gasteiger partial charge is 0.330 e. The number of carbonyl (C=O) groups is 3. The van der Waals surface area contributed by atoms with Gasteiger partial charge in [-0.3, -0.25) is 19.3 Å². The molecule has 23 heavy (non-hydrogen) atoms. The Morgan fingerprint density at radius 1 is 1.13 bits per heavy atom. The van der Waals surface area contributed by atoms with Crippen molar-refractivity contribution in [1.29, 1.82) is 0 Å². The first-order valence-electron chi connectivity index (χ1n) is 8.02. The van der Waals surface area contributed by atoms with Crippen LogP contribution in [0.5, 0.6) is 0 Å². The van der Waals surface area contributed by atoms with E-state index in [4.69, 9.17) is 0 Å². The molecule has 0 aliphatic carbocycles. The first-order valence-corrected chi connectivity index (χ1v) is 8.02. The van der Waals surface area contributed by atoms with Crippen LogP contribution < -0.4 is 5.32 Å². The third-order valence-corrected chi connectivity index (χ3v) is 4.51. The van der Waals surface area contributed by atoms with Crippen LogP contribution in [0.1, 0.15) is 28.8 Å². The van der Waals surface area contributed by atoms with Crippen LogP contribution in [0.15, 0.2) is 24.3 Å². The number of nitrogens with one attached hydrogen (secondary N) is 1. The predicted octanol–water partition coefficient (Wildman–Crippen LogP) is 0.558. The highest BCUT2D eigenvalue weighted by atomic mass is 16.2. The summed E-state index contributed by atoms with van der Waals surface area (Å²) in [4.78, 5) is 40.0. The number of piperazine rings is 1. The first-order chi connectivity index (χ1) is 11.1. The second kappa shape index (κ2) is 6.50. The maximum absolute atomic E-state index is 12.5. The molecule has 122 valence electrons. The lowest BCUT2D eigenvalue weighted by molar-refractivity contribution is -0.156. The normalized spacial score (nSPS) is 20.0. The molecule has 0 saturated carbocycles. The highest BCUT2D eigenvalue weighted by Crippen LogP contribution is 2.18. The zero-order chi connectivity index (χ0) is 16.4. The standard InChI is InChI=1S/C17H21N3O3/c1-12-3-2-4-13(11-12)15(21)20-10-9-19(16(22)17(20)23)14-5-7-18-8-6-14/h2-4,11,14,18H,5-10H2,1H3. The minimum absolute atomic E-state index is 0.101. The Hall–Kier alpha value is -2.21. The Kier molecular flexibility index (Phi) is 4.43. The van der Waals surface area contributed by atoms with E-state index < -0.39 is 17.7 Å². The van der Waals surface area contributed by atoms with Crippen molar-refractivity contribution in [2.24, 2.45) is 0 Å². The minimum atomic E-state index is -0.707. The lowest BCUT2D eigenvalue weighted by Crippen LogP contribution is -2.60. The van der Waals surface area contributed by atoms with E-state index in [2.05, 4.69) is 5.32 Å². The summed E-state index contributed by atoms with van der Waals surface area (Å²) in [5.74, 6) is -1.65. The third-order valence-electron chi connectivity index (χ3n) is 4.51. The molecule has 1 N–H and O–H groups in total. The Bertz CT molecular complexity index is 638. The molecule has 0 spiro atoms. The van der Waals surface area contributed by atoms with Crippen LogP contribution in [0.4, 0.5) is 0 Å². The van der Waals surface area contributed by atoms with Gasteiger partial charge in [-0.25, -0.2) is 0 Å². The number of piperidine rings is 1. The molecule has 2 aliphatic rings. The summed E-state index contributed by atoms with van der Waals surface area (Å²) in [7, 11) is 0. The summed E-state index contributed by atoms with van der Waals surface area (Å²) in [6.07, 6.45) is 1.70. The van der Waals surface area contributed by atoms with E-state index in [-0.39, 0.29) is 12.6 Å². The van der Waals surface area contributed by atoms with Crippen molar-refractivity contribution in [2.75, 3.05) is 26.2 Å². The Morgan fingerprint density at radius 3 is 2.57 bits per heavy atom. The molecule has 1 aromatic rings. The average molecular weight is 315 g/mol. The van der Waals surface area contributed by atoms with E-state index >= 15 is 0 Å². The van der Waals surface area contributed by atoms with E-state index in [0.717, 1.165) is 36.4 Å². The topological polar surface area (TPSA) is 69.7 Å². The molecule has 3 amide bonds. The fourth-order valence-electron chi connectivity index (χ4n) is 3.24. The van der Waals surface area contributed by atoms with Gasteiger partial charge in [-0.1, -0.05) is 17.7 Å². The van der Waals surface area contributed by atoms with E-state index in [1.165, 1.54) is 0 Å². The molecule has 0 bridgehead atoms. The molecule has 1 aromatic carbocycles. The molecule has 3 rings (SSSR count). The fourth-order valence-corrected chi connectivity index (χ4v) is 3.24. The lowest BCUT2D eigenvalue weighted by atomic mass is 10.0. The summed E-state index contributed by atoms with van der Waals surface area (Å²) in [6, 6.07) is 7.17. The quantitative estimate of drug-likeness (QED) is 0.639. The minimum Gasteiger partial charge on any atom is -0.330 e. The van der Waals surface area contributed by atoms with E-state index in [1.807, 2.05) is 13.0 Å². The van der Waals surface area contributed by atoms with Crippen molar-refractivity contribution < 1.29 is 14.4 Å². The number of rotatable bonds is 2. The van der Waals surface area contributed by atoms with Gasteiger partial charge in [0.25, 0.3) is 5.91 Å². The number of imide groups is 1. The molecule has 2 saturated heterocycles. The Morgan fingerprint density at radius 2 is 1.87 bits per heavy atom. The van der Waals surface area contributed by atoms with Crippen molar-refractivity contribution in [3.05, 3.63) is 35.4 Å². The molecule has 0 radical (unpaired) electrons. The van der Waals surface area contributed by atoms with Crippen LogP contribution in [0.25, 0.3) is 0 Å². The fraction of sp³-hybridized carbons (Fsp3) is 0.471. The first kappa shape index (κ1) is 15.7. The molecule has 2 heterocycles. The second-order valence-electron chi connectivity index (χ2n) is 6.11. The van der Waals surface area contributed by atoms with Crippen LogP contribution in [-0.2, 0) is 9.59 Å². The van der Waals surface area contributed by atoms with Crippen LogP contribution in [0, 0.1) is 6.92 Å². The van der Waals surface area contributed by atoms with Gasteiger partial charge in [0.05, 0.1) is 0 Å². The molecular weight excluding hydrogens is 294 g/mol. The summed E-state index contributed by atoms with van der Waals surface area (Å²) >= 11 is 0. The highest BCUT2D eigenvalue weighted by Gasteiger charge is 2.39. The van der Waals surface area contributed by atoms with Crippen molar-refractivity contribution in [1.82, 2.24) is 15.1 Å². The third kappa shape index (κ3) is 3.12. The SMILES string of the molecule is Cc1cccc(C(=O)N2CCN(C3CCNCC3)C(=O)C2=O)c1. The van der Waals surface area contributed by atoms with E-state index in [9.17, 15) is 14.4 Å². The van der Waals surface area contributed by atoms with Gasteiger partial charge in [0.15, 0.2) is 0 Å². The van der Waals surface area contributed by atoms with Crippen LogP contribution in [0.2, 0.25) is 0 Å². The average Bonchev–Trinajstić information content (AvgIpc) is 2.57. The zero-order valence-corrected chi connectivity index (χ0v) is 13.2. The molecule has 0 atom stereocenters. The molecule has 0 aromatic heterocycles. The van der Waals surface area contributed by atoms with Gasteiger partial charge < -0.3 is 10.2 Å². The number of hydrogen-bond acceptors (Lipinski definition) is 4. The van der Waals surface area contributed by atoms with Gasteiger partial charge in [-0.05, 0) is 45.0 Å². The Balaban J connectivity index is 1.73. The highest BCUT2D eigenvalue weighted by molar-refractivity contribution is 6.39. The molecule has 2 fully saturated rings. The maximum Gasteiger partial charge on any atom is 0.319 e. The zero-order valence-electron chi connectivity index (χ0n) is 13.2. The van der Waals surface area contributed by atoms with Crippen LogP contribution in [0.3, 0.4) is 0 Å². The summed E-state index contributed by atoms with van der Waals surface area (Å²) in [5.41, 5.74) is 1.39. The predicted molar refractivity (Wildman–Crippen MR) is 84.8 cm³/mol. The van der Waals surface area contributed by atoms with Gasteiger partial charge in [-0.15, -0.1) is 0 Å². The second-order valence-corrected chi connectivity index (χ2v) is 6.11. The molecule has 6 nitrogen and oxygen atoms in total. The van der Waals surface area contributed by atoms with Gasteiger partial charge in [0, 0.05) is 24.7 Å². The van der Waals surface area contributed by atoms with Gasteiger partial charge in [0.2, 0.25) is 0 Å². The van der Waals surface area contributed by atoms with E-state index in [1.54, 1.807) is 23.1 Å². The van der Waals surface area contributed by atoms with Crippen molar-refractivity contribution >= 4 is 17.7 Å². The van der Waals surface area contributed by atoms with Crippen LogP contribution >= 0.6 is 0 Å². The molecule has 6 heteroatoms. The summed E-state index contributed by atoms with van der Waals surface area (Å²) in [5, 5.41) is 3.25. The number of benzene rings is 1. The summed E-state index contributed by atoms with van der Waals surface area (Å²) < 4.78 is 0. The summed E-state index contributed by atoms with van der Waals surface area (Å²) in [6.45, 7) is 4.29. The van der Waals surface area contributed by atoms with Gasteiger partial charge in [0.1, 0.15) is 0 Å². The number of aryl methyl sites for hydroxylation is 1. The maximum atomic E-state index is 12.5. The number of hydrogen-bond donors (Lipinski definition) is 1. The molecule has 0 unspecified atom stereocenters. The van der Waals surface area contributed by atoms with Crippen molar-refractivity contribution in [3.63, 3.8) is 0 Å². The Labute approximate surface area is 135 Å². The number of amides is 3. The van der Waals surface area contributed by atoms with Gasteiger partial charge in [-0.2, -0.15) is 0 Å². The lowest BCUT2D eigenvalue weighted by Gasteiger charge is -2.39. The smallest absolute Gasteiger partial charge is 0.319 e. The van der Waals surface area contributed by atoms with Crippen molar-refractivity contribution in [3.8, 4) is 0 Å². The number of nitrogens with zero attached hydrogens (tertiary/aromatic N) is 2. The van der Waals surface area contributed by atoms with Crippen molar-refractivity contribution in [2.45, 2.75) is 25.8 Å². The molecular formula is C17H21N3O3. The van der Waals surface area contributed by atoms with E-state index in [0.29, 0.717) is 12.1 Å². The van der Waals surface area contributed by atoms with Gasteiger partial charge >= 0.3 is 11.8 Å². The van der Waals surface area contributed by atoms with Crippen LogP contribution in [-0.4, -0.2) is 59.7 Å². The monoisotopic (exact) mass is 315 g/mol.